The van der Waals surface area contributed by atoms with Crippen LogP contribution in [0.1, 0.15) is 29.3 Å². The van der Waals surface area contributed by atoms with Gasteiger partial charge in [-0.15, -0.1) is 0 Å². The Labute approximate surface area is 202 Å². The Balaban J connectivity index is 2.34. The molecule has 0 aromatic heterocycles. The minimum atomic E-state index is -2.03. The summed E-state index contributed by atoms with van der Waals surface area (Å²) in [6, 6.07) is 6.06. The molecule has 0 spiro atoms. The highest BCUT2D eigenvalue weighted by Crippen LogP contribution is 2.47. The van der Waals surface area contributed by atoms with Crippen LogP contribution in [-0.4, -0.2) is 43.4 Å². The van der Waals surface area contributed by atoms with Crippen LogP contribution in [0.5, 0.6) is 17.2 Å². The topological polar surface area (TPSA) is 54.0 Å². The number of rotatable bonds is 7. The lowest BCUT2D eigenvalue weighted by molar-refractivity contribution is 0.0539. The summed E-state index contributed by atoms with van der Waals surface area (Å²) >= 11 is 0. The number of hydrogen-bond donors (Lipinski definition) is 0. The van der Waals surface area contributed by atoms with Gasteiger partial charge in [-0.25, -0.2) is 0 Å². The summed E-state index contributed by atoms with van der Waals surface area (Å²) in [7, 11) is -4.14. The molecule has 0 saturated heterocycles. The van der Waals surface area contributed by atoms with Crippen LogP contribution in [0.15, 0.2) is 18.2 Å². The van der Waals surface area contributed by atoms with E-state index in [9.17, 15) is 4.79 Å². The number of fused-ring (bicyclic) bond motifs is 2. The number of methoxy groups -OCH3 is 1. The van der Waals surface area contributed by atoms with E-state index in [1.54, 1.807) is 7.11 Å². The monoisotopic (exact) mass is 504 g/mol. The Morgan fingerprint density at radius 3 is 1.94 bits per heavy atom. The second-order valence-corrected chi connectivity index (χ2v) is 25.6. The van der Waals surface area contributed by atoms with Gasteiger partial charge in [0.25, 0.3) is 0 Å². The molecule has 0 heterocycles. The molecule has 8 heteroatoms. The minimum Gasteiger partial charge on any atom is -0.544 e. The largest absolute Gasteiger partial charge is 0.544 e. The number of ketones is 1. The molecule has 2 aromatic rings. The summed E-state index contributed by atoms with van der Waals surface area (Å²) in [5, 5.41) is 1.85. The summed E-state index contributed by atoms with van der Waals surface area (Å²) in [6.07, 6.45) is 1.04. The van der Waals surface area contributed by atoms with Crippen molar-refractivity contribution in [3.8, 4) is 17.2 Å². The summed E-state index contributed by atoms with van der Waals surface area (Å²) < 4.78 is 25.3. The van der Waals surface area contributed by atoms with Crippen LogP contribution in [0.3, 0.4) is 0 Å². The van der Waals surface area contributed by atoms with Crippen LogP contribution in [0, 0.1) is 0 Å². The Kier molecular flexibility index (Phi) is 6.74. The predicted molar refractivity (Wildman–Crippen MR) is 144 cm³/mol. The first-order chi connectivity index (χ1) is 14.9. The third-order valence-corrected chi connectivity index (χ3v) is 7.96. The van der Waals surface area contributed by atoms with Gasteiger partial charge < -0.3 is 18.0 Å². The first-order valence-corrected chi connectivity index (χ1v) is 21.9. The lowest BCUT2D eigenvalue weighted by atomic mass is 9.79. The second kappa shape index (κ2) is 8.55. The first-order valence-electron chi connectivity index (χ1n) is 11.7. The van der Waals surface area contributed by atoms with Gasteiger partial charge in [-0.3, -0.25) is 4.79 Å². The molecule has 0 radical (unpaired) electrons. The van der Waals surface area contributed by atoms with Crippen molar-refractivity contribution in [2.75, 3.05) is 7.11 Å². The number of benzene rings is 2. The SMILES string of the molecule is COc1cc(O[Si](C)(C)C)c2c(O[Si](C)(C)C)c3c(cc2c1)CC(C)(O[Si](C)(C)C)CC3=O. The fourth-order valence-corrected chi connectivity index (χ4v) is 7.84. The molecule has 0 fully saturated rings. The van der Waals surface area contributed by atoms with Crippen LogP contribution in [-0.2, 0) is 10.8 Å². The molecule has 0 saturated carbocycles. The Bertz CT molecular complexity index is 1080. The van der Waals surface area contributed by atoms with Gasteiger partial charge in [0, 0.05) is 18.9 Å². The summed E-state index contributed by atoms with van der Waals surface area (Å²) in [5.74, 6) is 2.23. The van der Waals surface area contributed by atoms with Crippen molar-refractivity contribution in [1.82, 2.24) is 0 Å². The zero-order chi connectivity index (χ0) is 25.0. The average Bonchev–Trinajstić information content (AvgIpc) is 2.55. The van der Waals surface area contributed by atoms with Crippen molar-refractivity contribution in [2.45, 2.75) is 84.3 Å². The minimum absolute atomic E-state index is 0.0851. The van der Waals surface area contributed by atoms with Crippen molar-refractivity contribution in [2.24, 2.45) is 0 Å². The molecule has 5 nitrogen and oxygen atoms in total. The molecule has 182 valence electrons. The van der Waals surface area contributed by atoms with Crippen LogP contribution in [0.25, 0.3) is 10.8 Å². The number of hydrogen-bond acceptors (Lipinski definition) is 5. The highest BCUT2D eigenvalue weighted by molar-refractivity contribution is 6.71. The van der Waals surface area contributed by atoms with Gasteiger partial charge in [-0.2, -0.15) is 0 Å². The van der Waals surface area contributed by atoms with Gasteiger partial charge in [-0.05, 0) is 88.9 Å². The number of ether oxygens (including phenoxy) is 1. The molecule has 33 heavy (non-hydrogen) atoms. The van der Waals surface area contributed by atoms with E-state index < -0.39 is 30.6 Å². The first kappa shape index (κ1) is 26.0. The molecule has 0 amide bonds. The molecule has 2 aromatic carbocycles. The van der Waals surface area contributed by atoms with Gasteiger partial charge in [0.2, 0.25) is 16.6 Å². The van der Waals surface area contributed by atoms with E-state index in [-0.39, 0.29) is 5.78 Å². The molecular formula is C25H40O5Si3. The standard InChI is InChI=1S/C25H40O5Si3/c1-25(30-33(9,10)11)15-18-12-17-13-19(27-2)14-21(28-31(3,4)5)23(17)24(29-32(6,7)8)22(18)20(26)16-25/h12-14H,15-16H2,1-11H3. The normalized spacial score (nSPS) is 19.4. The Morgan fingerprint density at radius 2 is 1.42 bits per heavy atom. The van der Waals surface area contributed by atoms with Crippen molar-refractivity contribution in [3.05, 3.63) is 29.3 Å². The molecule has 0 N–H and O–H groups in total. The van der Waals surface area contributed by atoms with Crippen LogP contribution in [0.4, 0.5) is 0 Å². The molecule has 1 unspecified atom stereocenters. The van der Waals surface area contributed by atoms with E-state index in [1.165, 1.54) is 0 Å². The van der Waals surface area contributed by atoms with E-state index in [0.29, 0.717) is 24.2 Å². The van der Waals surface area contributed by atoms with Crippen LogP contribution < -0.4 is 13.6 Å². The van der Waals surface area contributed by atoms with Crippen molar-refractivity contribution in [1.29, 1.82) is 0 Å². The number of carbonyl (C=O) groups excluding carboxylic acids is 1. The molecule has 3 rings (SSSR count). The van der Waals surface area contributed by atoms with Gasteiger partial charge in [-0.1, -0.05) is 0 Å². The third kappa shape index (κ3) is 6.29. The molecule has 1 atom stereocenters. The van der Waals surface area contributed by atoms with Gasteiger partial charge >= 0.3 is 0 Å². The maximum atomic E-state index is 13.7. The summed E-state index contributed by atoms with van der Waals surface area (Å²) in [6.45, 7) is 21.5. The zero-order valence-corrected chi connectivity index (χ0v) is 25.2. The highest BCUT2D eigenvalue weighted by atomic mass is 28.4. The quantitative estimate of drug-likeness (QED) is 0.379. The molecular weight excluding hydrogens is 465 g/mol. The van der Waals surface area contributed by atoms with Crippen molar-refractivity contribution in [3.63, 3.8) is 0 Å². The van der Waals surface area contributed by atoms with Crippen molar-refractivity contribution >= 4 is 41.5 Å². The number of Topliss-reactive ketones (excluding diaryl/α,β-unsaturated/α-hetero) is 1. The van der Waals surface area contributed by atoms with E-state index in [4.69, 9.17) is 18.0 Å². The highest BCUT2D eigenvalue weighted by Gasteiger charge is 2.41. The Hall–Kier alpha value is -1.62. The van der Waals surface area contributed by atoms with E-state index in [2.05, 4.69) is 71.9 Å². The summed E-state index contributed by atoms with van der Waals surface area (Å²) in [4.78, 5) is 13.7. The second-order valence-electron chi connectivity index (χ2n) is 12.3. The van der Waals surface area contributed by atoms with Gasteiger partial charge in [0.1, 0.15) is 17.2 Å². The zero-order valence-electron chi connectivity index (χ0n) is 22.2. The summed E-state index contributed by atoms with van der Waals surface area (Å²) in [5.41, 5.74) is 1.18. The number of carbonyl (C=O) groups is 1. The maximum absolute atomic E-state index is 13.7. The lowest BCUT2D eigenvalue weighted by Gasteiger charge is -2.40. The predicted octanol–water partition coefficient (Wildman–Crippen LogP) is 7.01. The molecule has 0 bridgehead atoms. The lowest BCUT2D eigenvalue weighted by Crippen LogP contribution is -2.46. The third-order valence-electron chi connectivity index (χ3n) is 5.20. The Morgan fingerprint density at radius 1 is 0.818 bits per heavy atom. The van der Waals surface area contributed by atoms with Gasteiger partial charge in [0.15, 0.2) is 14.1 Å². The maximum Gasteiger partial charge on any atom is 0.242 e. The molecule has 0 aliphatic heterocycles. The fraction of sp³-hybridized carbons (Fsp3) is 0.560. The van der Waals surface area contributed by atoms with E-state index >= 15 is 0 Å². The van der Waals surface area contributed by atoms with Crippen molar-refractivity contribution < 1.29 is 22.8 Å². The average molecular weight is 505 g/mol. The smallest absolute Gasteiger partial charge is 0.242 e. The van der Waals surface area contributed by atoms with Crippen LogP contribution >= 0.6 is 0 Å². The molecule has 1 aliphatic rings. The van der Waals surface area contributed by atoms with E-state index in [0.717, 1.165) is 27.8 Å². The van der Waals surface area contributed by atoms with Gasteiger partial charge in [0.05, 0.1) is 23.7 Å². The molecule has 1 aliphatic carbocycles. The van der Waals surface area contributed by atoms with Crippen LogP contribution in [0.2, 0.25) is 58.9 Å². The van der Waals surface area contributed by atoms with E-state index in [1.807, 2.05) is 12.1 Å². The fourth-order valence-electron chi connectivity index (χ4n) is 4.58.